The molecule has 1 aromatic heterocycles. The quantitative estimate of drug-likeness (QED) is 0.693. The molecule has 0 radical (unpaired) electrons. The van der Waals surface area contributed by atoms with Crippen molar-refractivity contribution >= 4 is 5.91 Å². The lowest BCUT2D eigenvalue weighted by Gasteiger charge is -2.17. The number of hydrogen-bond acceptors (Lipinski definition) is 4. The summed E-state index contributed by atoms with van der Waals surface area (Å²) in [4.78, 5) is 15.8. The van der Waals surface area contributed by atoms with Crippen molar-refractivity contribution in [2.24, 2.45) is 5.73 Å². The van der Waals surface area contributed by atoms with Crippen LogP contribution in [0.4, 0.5) is 0 Å². The van der Waals surface area contributed by atoms with E-state index in [1.54, 1.807) is 11.0 Å². The van der Waals surface area contributed by atoms with Gasteiger partial charge in [-0.3, -0.25) is 10.1 Å². The van der Waals surface area contributed by atoms with E-state index in [1.807, 2.05) is 54.6 Å². The van der Waals surface area contributed by atoms with Gasteiger partial charge >= 0.3 is 0 Å². The Kier molecular flexibility index (Phi) is 4.98. The standard InChI is InChI=1S/C18H19N5O/c19-18(24)17(14-6-2-1-3-7-14)21-10-15-8-4-5-9-16(15)11-23-13-20-12-22-23/h1-9,12-13,17,21H,10-11H2,(H2,19,24)/t17-/m1/s1. The lowest BCUT2D eigenvalue weighted by atomic mass is 10.0. The van der Waals surface area contributed by atoms with E-state index in [9.17, 15) is 4.79 Å². The summed E-state index contributed by atoms with van der Waals surface area (Å²) in [6.07, 6.45) is 3.19. The monoisotopic (exact) mass is 321 g/mol. The average molecular weight is 321 g/mol. The zero-order valence-corrected chi connectivity index (χ0v) is 13.2. The third kappa shape index (κ3) is 3.85. The Bertz CT molecular complexity index is 786. The van der Waals surface area contributed by atoms with Gasteiger partial charge in [0.15, 0.2) is 0 Å². The number of nitrogens with two attached hydrogens (primary N) is 1. The van der Waals surface area contributed by atoms with Gasteiger partial charge in [-0.05, 0) is 16.7 Å². The molecule has 0 spiro atoms. The van der Waals surface area contributed by atoms with Crippen molar-refractivity contribution < 1.29 is 4.79 Å². The number of carbonyl (C=O) groups excluding carboxylic acids is 1. The zero-order valence-electron chi connectivity index (χ0n) is 13.2. The molecule has 3 aromatic rings. The number of nitrogens with one attached hydrogen (secondary N) is 1. The Morgan fingerprint density at radius 3 is 2.46 bits per heavy atom. The maximum absolute atomic E-state index is 11.8. The lowest BCUT2D eigenvalue weighted by molar-refractivity contribution is -0.120. The number of primary amides is 1. The molecular weight excluding hydrogens is 302 g/mol. The predicted molar refractivity (Wildman–Crippen MR) is 90.8 cm³/mol. The van der Waals surface area contributed by atoms with Crippen LogP contribution in [-0.4, -0.2) is 20.7 Å². The molecule has 122 valence electrons. The summed E-state index contributed by atoms with van der Waals surface area (Å²) in [6.45, 7) is 1.16. The second kappa shape index (κ2) is 7.52. The highest BCUT2D eigenvalue weighted by atomic mass is 16.1. The molecule has 0 saturated heterocycles. The van der Waals surface area contributed by atoms with Crippen LogP contribution < -0.4 is 11.1 Å². The summed E-state index contributed by atoms with van der Waals surface area (Å²) >= 11 is 0. The molecule has 6 heteroatoms. The number of hydrogen-bond donors (Lipinski definition) is 2. The van der Waals surface area contributed by atoms with Crippen molar-refractivity contribution in [2.75, 3.05) is 0 Å². The molecule has 1 amide bonds. The molecule has 0 fully saturated rings. The Balaban J connectivity index is 1.75. The lowest BCUT2D eigenvalue weighted by Crippen LogP contribution is -2.33. The Morgan fingerprint density at radius 1 is 1.08 bits per heavy atom. The van der Waals surface area contributed by atoms with E-state index >= 15 is 0 Å². The van der Waals surface area contributed by atoms with Gasteiger partial charge in [0.05, 0.1) is 6.54 Å². The second-order valence-corrected chi connectivity index (χ2v) is 5.49. The highest BCUT2D eigenvalue weighted by Crippen LogP contribution is 2.15. The van der Waals surface area contributed by atoms with Gasteiger partial charge in [-0.1, -0.05) is 54.6 Å². The normalized spacial score (nSPS) is 12.0. The van der Waals surface area contributed by atoms with Crippen molar-refractivity contribution in [3.05, 3.63) is 83.9 Å². The topological polar surface area (TPSA) is 85.8 Å². The van der Waals surface area contributed by atoms with Crippen molar-refractivity contribution in [3.63, 3.8) is 0 Å². The molecule has 0 saturated carbocycles. The van der Waals surface area contributed by atoms with Gasteiger partial charge in [0.25, 0.3) is 0 Å². The van der Waals surface area contributed by atoms with Crippen molar-refractivity contribution in [1.82, 2.24) is 20.1 Å². The minimum atomic E-state index is -0.523. The fourth-order valence-corrected chi connectivity index (χ4v) is 2.61. The molecule has 6 nitrogen and oxygen atoms in total. The molecular formula is C18H19N5O. The number of nitrogens with zero attached hydrogens (tertiary/aromatic N) is 3. The first-order valence-corrected chi connectivity index (χ1v) is 7.71. The van der Waals surface area contributed by atoms with Gasteiger partial charge in [-0.2, -0.15) is 5.10 Å². The van der Waals surface area contributed by atoms with Gasteiger partial charge < -0.3 is 5.73 Å². The number of amides is 1. The van der Waals surface area contributed by atoms with Crippen LogP contribution in [0, 0.1) is 0 Å². The van der Waals surface area contributed by atoms with E-state index in [-0.39, 0.29) is 0 Å². The van der Waals surface area contributed by atoms with Crippen LogP contribution in [0.15, 0.2) is 67.3 Å². The van der Waals surface area contributed by atoms with E-state index in [1.165, 1.54) is 6.33 Å². The number of rotatable bonds is 7. The fourth-order valence-electron chi connectivity index (χ4n) is 2.61. The van der Waals surface area contributed by atoms with E-state index in [4.69, 9.17) is 5.73 Å². The zero-order chi connectivity index (χ0) is 16.8. The van der Waals surface area contributed by atoms with E-state index in [0.717, 1.165) is 16.7 Å². The summed E-state index contributed by atoms with van der Waals surface area (Å²) in [5.41, 5.74) is 8.63. The average Bonchev–Trinajstić information content (AvgIpc) is 3.10. The van der Waals surface area contributed by atoms with Gasteiger partial charge in [-0.15, -0.1) is 0 Å². The van der Waals surface area contributed by atoms with Crippen molar-refractivity contribution in [1.29, 1.82) is 0 Å². The molecule has 3 rings (SSSR count). The predicted octanol–water partition coefficient (Wildman–Crippen LogP) is 1.64. The molecule has 2 aromatic carbocycles. The number of benzene rings is 2. The summed E-state index contributed by atoms with van der Waals surface area (Å²) < 4.78 is 1.77. The maximum atomic E-state index is 11.8. The van der Waals surface area contributed by atoms with Crippen LogP contribution >= 0.6 is 0 Å². The summed E-state index contributed by atoms with van der Waals surface area (Å²) in [5, 5.41) is 7.39. The highest BCUT2D eigenvalue weighted by Gasteiger charge is 2.17. The molecule has 0 aliphatic rings. The molecule has 0 bridgehead atoms. The fraction of sp³-hybridized carbons (Fsp3) is 0.167. The van der Waals surface area contributed by atoms with Crippen LogP contribution in [0.25, 0.3) is 0 Å². The van der Waals surface area contributed by atoms with Crippen LogP contribution in [0.5, 0.6) is 0 Å². The van der Waals surface area contributed by atoms with E-state index in [2.05, 4.69) is 15.4 Å². The van der Waals surface area contributed by atoms with Crippen LogP contribution in [-0.2, 0) is 17.9 Å². The van der Waals surface area contributed by atoms with Crippen molar-refractivity contribution in [3.8, 4) is 0 Å². The smallest absolute Gasteiger partial charge is 0.239 e. The van der Waals surface area contributed by atoms with Crippen molar-refractivity contribution in [2.45, 2.75) is 19.1 Å². The van der Waals surface area contributed by atoms with Gasteiger partial charge in [-0.25, -0.2) is 9.67 Å². The van der Waals surface area contributed by atoms with Crippen LogP contribution in [0.3, 0.4) is 0 Å². The van der Waals surface area contributed by atoms with Gasteiger partial charge in [0, 0.05) is 6.54 Å². The van der Waals surface area contributed by atoms with Gasteiger partial charge in [0.1, 0.15) is 18.7 Å². The Hall–Kier alpha value is -2.99. The SMILES string of the molecule is NC(=O)[C@H](NCc1ccccc1Cn1cncn1)c1ccccc1. The maximum Gasteiger partial charge on any atom is 0.239 e. The Labute approximate surface area is 140 Å². The minimum absolute atomic E-state index is 0.394. The third-order valence-corrected chi connectivity index (χ3v) is 3.83. The molecule has 0 aliphatic carbocycles. The molecule has 3 N–H and O–H groups in total. The first-order valence-electron chi connectivity index (χ1n) is 7.71. The molecule has 0 aliphatic heterocycles. The summed E-state index contributed by atoms with van der Waals surface area (Å²) in [5.74, 6) is -0.394. The Morgan fingerprint density at radius 2 is 1.79 bits per heavy atom. The summed E-state index contributed by atoms with van der Waals surface area (Å²) in [7, 11) is 0. The van der Waals surface area contributed by atoms with Crippen LogP contribution in [0.1, 0.15) is 22.7 Å². The number of carbonyl (C=O) groups is 1. The largest absolute Gasteiger partial charge is 0.368 e. The van der Waals surface area contributed by atoms with Gasteiger partial charge in [0.2, 0.25) is 5.91 Å². The first kappa shape index (κ1) is 15.9. The minimum Gasteiger partial charge on any atom is -0.368 e. The second-order valence-electron chi connectivity index (χ2n) is 5.49. The number of aromatic nitrogens is 3. The third-order valence-electron chi connectivity index (χ3n) is 3.83. The van der Waals surface area contributed by atoms with E-state index in [0.29, 0.717) is 13.1 Å². The molecule has 1 atom stereocenters. The molecule has 0 unspecified atom stereocenters. The highest BCUT2D eigenvalue weighted by molar-refractivity contribution is 5.81. The first-order chi connectivity index (χ1) is 11.7. The molecule has 24 heavy (non-hydrogen) atoms. The molecule has 1 heterocycles. The van der Waals surface area contributed by atoms with Crippen LogP contribution in [0.2, 0.25) is 0 Å². The van der Waals surface area contributed by atoms with E-state index < -0.39 is 11.9 Å². The summed E-state index contributed by atoms with van der Waals surface area (Å²) in [6, 6.07) is 17.0.